The average Bonchev–Trinajstić information content (AvgIpc) is 2.27. The van der Waals surface area contributed by atoms with Crippen LogP contribution >= 0.6 is 0 Å². The summed E-state index contributed by atoms with van der Waals surface area (Å²) in [5, 5.41) is 9.90. The molecule has 1 amide bonds. The Morgan fingerprint density at radius 1 is 1.40 bits per heavy atom. The number of hydrogen-bond donors (Lipinski definition) is 3. The van der Waals surface area contributed by atoms with Crippen molar-refractivity contribution in [2.75, 3.05) is 12.4 Å². The van der Waals surface area contributed by atoms with Gasteiger partial charge in [0.1, 0.15) is 11.4 Å². The predicted molar refractivity (Wildman–Crippen MR) is 78.5 cm³/mol. The van der Waals surface area contributed by atoms with E-state index in [1.54, 1.807) is 39.0 Å². The number of carbonyl (C=O) groups excluding carboxylic acids is 1. The Hall–Kier alpha value is -2.24. The summed E-state index contributed by atoms with van der Waals surface area (Å²) in [5.74, 6) is 0.564. The molecule has 0 fully saturated rings. The lowest BCUT2D eigenvalue weighted by Gasteiger charge is -2.20. The van der Waals surface area contributed by atoms with Crippen LogP contribution in [0.4, 0.5) is 10.5 Å². The summed E-state index contributed by atoms with van der Waals surface area (Å²) in [6.45, 7) is 5.37. The van der Waals surface area contributed by atoms with Crippen LogP contribution in [-0.4, -0.2) is 24.6 Å². The van der Waals surface area contributed by atoms with Crippen molar-refractivity contribution < 1.29 is 14.3 Å². The summed E-state index contributed by atoms with van der Waals surface area (Å²) < 4.78 is 10.4. The Morgan fingerprint density at radius 3 is 2.55 bits per heavy atom. The molecule has 110 valence electrons. The highest BCUT2D eigenvalue weighted by Crippen LogP contribution is 2.26. The molecule has 0 aliphatic rings. The fourth-order valence-corrected chi connectivity index (χ4v) is 1.58. The van der Waals surface area contributed by atoms with Gasteiger partial charge in [0.25, 0.3) is 0 Å². The smallest absolute Gasteiger partial charge is 0.412 e. The zero-order valence-electron chi connectivity index (χ0n) is 12.2. The summed E-state index contributed by atoms with van der Waals surface area (Å²) in [4.78, 5) is 11.7. The van der Waals surface area contributed by atoms with E-state index in [-0.39, 0.29) is 5.84 Å². The van der Waals surface area contributed by atoms with Crippen molar-refractivity contribution in [1.29, 1.82) is 5.41 Å². The van der Waals surface area contributed by atoms with Crippen molar-refractivity contribution in [3.05, 3.63) is 23.8 Å². The Kier molecular flexibility index (Phi) is 4.96. The standard InChI is InChI=1S/C14H21N3O3/c1-14(2,3)20-13(18)17-10-6-5-9(8-12(15)16)7-11(10)19-4/h5-7H,8H2,1-4H3,(H3,15,16)(H,17,18). The summed E-state index contributed by atoms with van der Waals surface area (Å²) in [6, 6.07) is 5.20. The summed E-state index contributed by atoms with van der Waals surface area (Å²) in [7, 11) is 1.51. The number of hydrogen-bond acceptors (Lipinski definition) is 4. The van der Waals surface area contributed by atoms with Crippen LogP contribution in [0.15, 0.2) is 18.2 Å². The fourth-order valence-electron chi connectivity index (χ4n) is 1.58. The van der Waals surface area contributed by atoms with Crippen LogP contribution in [-0.2, 0) is 11.2 Å². The number of benzene rings is 1. The van der Waals surface area contributed by atoms with E-state index in [4.69, 9.17) is 20.6 Å². The van der Waals surface area contributed by atoms with Gasteiger partial charge in [-0.25, -0.2) is 4.79 Å². The zero-order valence-corrected chi connectivity index (χ0v) is 12.2. The number of carbonyl (C=O) groups is 1. The maximum absolute atomic E-state index is 11.7. The molecule has 1 rings (SSSR count). The third-order valence-corrected chi connectivity index (χ3v) is 2.30. The third-order valence-electron chi connectivity index (χ3n) is 2.30. The number of methoxy groups -OCH3 is 1. The molecule has 6 nitrogen and oxygen atoms in total. The molecule has 0 aliphatic carbocycles. The number of anilines is 1. The van der Waals surface area contributed by atoms with Gasteiger partial charge < -0.3 is 15.2 Å². The highest BCUT2D eigenvalue weighted by atomic mass is 16.6. The van der Waals surface area contributed by atoms with Crippen LogP contribution in [0.1, 0.15) is 26.3 Å². The Morgan fingerprint density at radius 2 is 2.05 bits per heavy atom. The summed E-state index contributed by atoms with van der Waals surface area (Å²) >= 11 is 0. The molecule has 0 unspecified atom stereocenters. The van der Waals surface area contributed by atoms with Crippen LogP contribution in [0.25, 0.3) is 0 Å². The average molecular weight is 279 g/mol. The second-order valence-corrected chi connectivity index (χ2v) is 5.36. The largest absolute Gasteiger partial charge is 0.495 e. The number of rotatable bonds is 4. The van der Waals surface area contributed by atoms with Crippen LogP contribution in [0, 0.1) is 5.41 Å². The normalized spacial score (nSPS) is 10.8. The molecular weight excluding hydrogens is 258 g/mol. The molecule has 20 heavy (non-hydrogen) atoms. The van der Waals surface area contributed by atoms with E-state index in [9.17, 15) is 4.79 Å². The van der Waals surface area contributed by atoms with Gasteiger partial charge in [-0.1, -0.05) is 6.07 Å². The maximum atomic E-state index is 11.7. The lowest BCUT2D eigenvalue weighted by molar-refractivity contribution is 0.0635. The van der Waals surface area contributed by atoms with Gasteiger partial charge in [-0.3, -0.25) is 10.7 Å². The Labute approximate surface area is 118 Å². The first-order valence-corrected chi connectivity index (χ1v) is 6.21. The van der Waals surface area contributed by atoms with Crippen LogP contribution in [0.5, 0.6) is 5.75 Å². The minimum atomic E-state index is -0.564. The van der Waals surface area contributed by atoms with Gasteiger partial charge in [-0.15, -0.1) is 0 Å². The Balaban J connectivity index is 2.85. The summed E-state index contributed by atoms with van der Waals surface area (Å²) in [5.41, 5.74) is 6.14. The van der Waals surface area contributed by atoms with Crippen LogP contribution in [0.2, 0.25) is 0 Å². The molecule has 0 atom stereocenters. The lowest BCUT2D eigenvalue weighted by Crippen LogP contribution is -2.27. The number of nitrogens with one attached hydrogen (secondary N) is 2. The van der Waals surface area contributed by atoms with E-state index < -0.39 is 11.7 Å². The fraction of sp³-hybridized carbons (Fsp3) is 0.429. The Bertz CT molecular complexity index is 507. The monoisotopic (exact) mass is 279 g/mol. The van der Waals surface area contributed by atoms with E-state index in [1.165, 1.54) is 7.11 Å². The first kappa shape index (κ1) is 15.8. The quantitative estimate of drug-likeness (QED) is 0.582. The van der Waals surface area contributed by atoms with Gasteiger partial charge in [-0.05, 0) is 38.5 Å². The maximum Gasteiger partial charge on any atom is 0.412 e. The number of nitrogens with two attached hydrogens (primary N) is 1. The van der Waals surface area contributed by atoms with E-state index in [0.717, 1.165) is 5.56 Å². The lowest BCUT2D eigenvalue weighted by atomic mass is 10.1. The number of amidine groups is 1. The van der Waals surface area contributed by atoms with E-state index in [0.29, 0.717) is 17.9 Å². The highest BCUT2D eigenvalue weighted by Gasteiger charge is 2.17. The van der Waals surface area contributed by atoms with Crippen molar-refractivity contribution in [2.45, 2.75) is 32.8 Å². The van der Waals surface area contributed by atoms with Crippen molar-refractivity contribution in [2.24, 2.45) is 5.73 Å². The third kappa shape index (κ3) is 5.17. The molecule has 0 saturated carbocycles. The molecule has 0 spiro atoms. The van der Waals surface area contributed by atoms with Gasteiger partial charge >= 0.3 is 6.09 Å². The van der Waals surface area contributed by atoms with E-state index >= 15 is 0 Å². The molecule has 1 aromatic carbocycles. The van der Waals surface area contributed by atoms with Crippen LogP contribution in [0.3, 0.4) is 0 Å². The second-order valence-electron chi connectivity index (χ2n) is 5.36. The van der Waals surface area contributed by atoms with Crippen molar-refractivity contribution in [3.63, 3.8) is 0 Å². The van der Waals surface area contributed by atoms with Crippen molar-refractivity contribution in [1.82, 2.24) is 0 Å². The van der Waals surface area contributed by atoms with E-state index in [2.05, 4.69) is 5.32 Å². The molecule has 0 bridgehead atoms. The molecular formula is C14H21N3O3. The molecule has 1 aromatic rings. The zero-order chi connectivity index (χ0) is 15.3. The van der Waals surface area contributed by atoms with Gasteiger partial charge in [0.15, 0.2) is 0 Å². The highest BCUT2D eigenvalue weighted by molar-refractivity contribution is 5.87. The van der Waals surface area contributed by atoms with Gasteiger partial charge in [0, 0.05) is 6.42 Å². The first-order valence-electron chi connectivity index (χ1n) is 6.21. The molecule has 0 radical (unpaired) electrons. The van der Waals surface area contributed by atoms with Gasteiger partial charge in [-0.2, -0.15) is 0 Å². The minimum absolute atomic E-state index is 0.0694. The molecule has 6 heteroatoms. The minimum Gasteiger partial charge on any atom is -0.495 e. The van der Waals surface area contributed by atoms with Crippen molar-refractivity contribution in [3.8, 4) is 5.75 Å². The summed E-state index contributed by atoms with van der Waals surface area (Å²) in [6.07, 6.45) is -0.210. The second kappa shape index (κ2) is 6.27. The molecule has 0 aromatic heterocycles. The molecule has 4 N–H and O–H groups in total. The molecule has 0 aliphatic heterocycles. The first-order chi connectivity index (χ1) is 9.21. The number of amides is 1. The number of ether oxygens (including phenoxy) is 2. The molecule has 0 saturated heterocycles. The molecule has 0 heterocycles. The van der Waals surface area contributed by atoms with Crippen molar-refractivity contribution >= 4 is 17.6 Å². The predicted octanol–water partition coefficient (Wildman–Crippen LogP) is 2.52. The van der Waals surface area contributed by atoms with E-state index in [1.807, 2.05) is 0 Å². The van der Waals surface area contributed by atoms with Gasteiger partial charge in [0.05, 0.1) is 18.6 Å². The SMILES string of the molecule is COc1cc(CC(=N)N)ccc1NC(=O)OC(C)(C)C. The van der Waals surface area contributed by atoms with Gasteiger partial charge in [0.2, 0.25) is 0 Å². The van der Waals surface area contributed by atoms with Crippen LogP contribution < -0.4 is 15.8 Å². The topological polar surface area (TPSA) is 97.4 Å².